The van der Waals surface area contributed by atoms with Crippen LogP contribution in [0.1, 0.15) is 47.0 Å². The van der Waals surface area contributed by atoms with Crippen LogP contribution in [0.15, 0.2) is 15.9 Å². The SMILES string of the molecule is CCCc1c(OCC(N)=O)cc(C(Sc2nncs2)C(=O)O)c(C(C)=O)c1O. The molecule has 0 spiro atoms. The van der Waals surface area contributed by atoms with Crippen LogP contribution in [0.2, 0.25) is 0 Å². The summed E-state index contributed by atoms with van der Waals surface area (Å²) in [7, 11) is 0. The van der Waals surface area contributed by atoms with Crippen molar-refractivity contribution in [3.05, 3.63) is 28.3 Å². The van der Waals surface area contributed by atoms with E-state index in [4.69, 9.17) is 10.5 Å². The van der Waals surface area contributed by atoms with Crippen molar-refractivity contribution in [3.8, 4) is 11.5 Å². The molecule has 28 heavy (non-hydrogen) atoms. The van der Waals surface area contributed by atoms with Gasteiger partial charge in [-0.25, -0.2) is 0 Å². The van der Waals surface area contributed by atoms with E-state index in [2.05, 4.69) is 10.2 Å². The summed E-state index contributed by atoms with van der Waals surface area (Å²) < 4.78 is 5.79. The number of aromatic hydroxyl groups is 1. The van der Waals surface area contributed by atoms with Gasteiger partial charge in [0.05, 0.1) is 5.56 Å². The average molecular weight is 425 g/mol. The molecule has 0 saturated heterocycles. The predicted octanol–water partition coefficient (Wildman–Crippen LogP) is 2.18. The summed E-state index contributed by atoms with van der Waals surface area (Å²) in [4.78, 5) is 35.3. The van der Waals surface area contributed by atoms with Gasteiger partial charge in [-0.1, -0.05) is 36.4 Å². The second-order valence-corrected chi connectivity index (χ2v) is 7.95. The number of aromatic nitrogens is 2. The third-order valence-corrected chi connectivity index (χ3v) is 5.72. The number of amides is 1. The molecule has 1 aromatic carbocycles. The molecule has 1 heterocycles. The zero-order valence-corrected chi connectivity index (χ0v) is 16.8. The standard InChI is InChI=1S/C17H19N3O6S2/c1-3-4-9-11(26-6-12(18)22)5-10(13(8(2)21)14(9)23)15(16(24)25)28-17-20-19-7-27-17/h5,7,15,23H,3-4,6H2,1-2H3,(H2,18,22)(H,24,25). The van der Waals surface area contributed by atoms with Gasteiger partial charge in [0.25, 0.3) is 5.91 Å². The lowest BCUT2D eigenvalue weighted by Gasteiger charge is -2.20. The number of nitrogens with two attached hydrogens (primary N) is 1. The number of nitrogens with zero attached hydrogens (tertiary/aromatic N) is 2. The third-order valence-electron chi connectivity index (χ3n) is 3.68. The molecule has 0 bridgehead atoms. The van der Waals surface area contributed by atoms with Crippen molar-refractivity contribution in [2.75, 3.05) is 6.61 Å². The molecular weight excluding hydrogens is 406 g/mol. The van der Waals surface area contributed by atoms with Crippen LogP contribution in [-0.2, 0) is 16.0 Å². The number of benzene rings is 1. The highest BCUT2D eigenvalue weighted by Gasteiger charge is 2.31. The topological polar surface area (TPSA) is 153 Å². The van der Waals surface area contributed by atoms with Crippen molar-refractivity contribution in [2.45, 2.75) is 36.3 Å². The van der Waals surface area contributed by atoms with Gasteiger partial charge in [-0.3, -0.25) is 14.4 Å². The second-order valence-electron chi connectivity index (χ2n) is 5.77. The lowest BCUT2D eigenvalue weighted by Crippen LogP contribution is -2.21. The quantitative estimate of drug-likeness (QED) is 0.384. The fraction of sp³-hybridized carbons (Fsp3) is 0.353. The van der Waals surface area contributed by atoms with Crippen molar-refractivity contribution in [2.24, 2.45) is 5.73 Å². The molecule has 2 rings (SSSR count). The van der Waals surface area contributed by atoms with Gasteiger partial charge in [0.1, 0.15) is 22.3 Å². The minimum atomic E-state index is -1.25. The Balaban J connectivity index is 2.65. The first-order valence-electron chi connectivity index (χ1n) is 8.22. The van der Waals surface area contributed by atoms with E-state index in [1.54, 1.807) is 0 Å². The monoisotopic (exact) mass is 425 g/mol. The number of carboxylic acids is 1. The molecule has 1 amide bonds. The Morgan fingerprint density at radius 2 is 2.11 bits per heavy atom. The van der Waals surface area contributed by atoms with E-state index >= 15 is 0 Å². The van der Waals surface area contributed by atoms with E-state index in [9.17, 15) is 24.6 Å². The number of thioether (sulfide) groups is 1. The van der Waals surface area contributed by atoms with Gasteiger partial charge in [0.2, 0.25) is 0 Å². The summed E-state index contributed by atoms with van der Waals surface area (Å²) in [5, 5.41) is 26.7. The van der Waals surface area contributed by atoms with Crippen LogP contribution >= 0.6 is 23.1 Å². The third kappa shape index (κ3) is 4.98. The van der Waals surface area contributed by atoms with Crippen LogP contribution in [0.4, 0.5) is 0 Å². The fourth-order valence-corrected chi connectivity index (χ4v) is 4.24. The maximum absolute atomic E-state index is 12.2. The number of rotatable bonds is 10. The molecule has 1 unspecified atom stereocenters. The predicted molar refractivity (Wildman–Crippen MR) is 103 cm³/mol. The van der Waals surface area contributed by atoms with E-state index in [1.165, 1.54) is 18.5 Å². The van der Waals surface area contributed by atoms with Gasteiger partial charge >= 0.3 is 5.97 Å². The minimum absolute atomic E-state index is 0.0528. The Morgan fingerprint density at radius 1 is 1.39 bits per heavy atom. The molecule has 0 saturated carbocycles. The maximum atomic E-state index is 12.2. The number of primary amides is 1. The van der Waals surface area contributed by atoms with Gasteiger partial charge in [-0.05, 0) is 25.0 Å². The van der Waals surface area contributed by atoms with Crippen LogP contribution < -0.4 is 10.5 Å². The Kier molecular flexibility index (Phi) is 7.35. The van der Waals surface area contributed by atoms with E-state index < -0.39 is 29.5 Å². The molecule has 9 nitrogen and oxygen atoms in total. The molecule has 1 aromatic heterocycles. The number of ether oxygens (including phenoxy) is 1. The van der Waals surface area contributed by atoms with Crippen molar-refractivity contribution >= 4 is 40.8 Å². The first-order chi connectivity index (χ1) is 13.3. The lowest BCUT2D eigenvalue weighted by molar-refractivity contribution is -0.136. The van der Waals surface area contributed by atoms with Crippen molar-refractivity contribution in [1.29, 1.82) is 0 Å². The Labute approximate surface area is 168 Å². The smallest absolute Gasteiger partial charge is 0.321 e. The van der Waals surface area contributed by atoms with Crippen molar-refractivity contribution < 1.29 is 29.3 Å². The largest absolute Gasteiger partial charge is 0.507 e. The molecule has 1 atom stereocenters. The highest BCUT2D eigenvalue weighted by molar-refractivity contribution is 8.01. The van der Waals surface area contributed by atoms with Gasteiger partial charge in [-0.2, -0.15) is 0 Å². The lowest BCUT2D eigenvalue weighted by atomic mass is 9.94. The molecule has 0 fully saturated rings. The number of hydrogen-bond donors (Lipinski definition) is 3. The molecule has 0 radical (unpaired) electrons. The highest BCUT2D eigenvalue weighted by atomic mass is 32.2. The van der Waals surface area contributed by atoms with Gasteiger partial charge in [0.15, 0.2) is 16.7 Å². The molecule has 0 aliphatic rings. The molecular formula is C17H19N3O6S2. The Hall–Kier alpha value is -2.66. The Morgan fingerprint density at radius 3 is 2.61 bits per heavy atom. The summed E-state index contributed by atoms with van der Waals surface area (Å²) >= 11 is 2.03. The second kappa shape index (κ2) is 9.51. The van der Waals surface area contributed by atoms with Crippen LogP contribution in [0.5, 0.6) is 11.5 Å². The number of carbonyl (C=O) groups is 3. The summed E-state index contributed by atoms with van der Waals surface area (Å²) in [6.07, 6.45) is 0.987. The average Bonchev–Trinajstić information content (AvgIpc) is 3.12. The van der Waals surface area contributed by atoms with Gasteiger partial charge in [0, 0.05) is 5.56 Å². The minimum Gasteiger partial charge on any atom is -0.507 e. The van der Waals surface area contributed by atoms with Crippen LogP contribution in [0.25, 0.3) is 0 Å². The van der Waals surface area contributed by atoms with E-state index in [-0.39, 0.29) is 22.6 Å². The first kappa shape index (κ1) is 21.6. The number of carbonyl (C=O) groups excluding carboxylic acids is 2. The summed E-state index contributed by atoms with van der Waals surface area (Å²) in [6, 6.07) is 1.37. The summed E-state index contributed by atoms with van der Waals surface area (Å²) in [5.74, 6) is -2.68. The van der Waals surface area contributed by atoms with Gasteiger partial charge in [-0.15, -0.1) is 10.2 Å². The Bertz CT molecular complexity index is 886. The van der Waals surface area contributed by atoms with Crippen LogP contribution in [0.3, 0.4) is 0 Å². The number of ketones is 1. The molecule has 4 N–H and O–H groups in total. The molecule has 150 valence electrons. The van der Waals surface area contributed by atoms with E-state index in [1.807, 2.05) is 6.92 Å². The van der Waals surface area contributed by atoms with Gasteiger partial charge < -0.3 is 20.7 Å². The normalized spacial score (nSPS) is 11.8. The summed E-state index contributed by atoms with van der Waals surface area (Å²) in [5.41, 5.74) is 6.86. The van der Waals surface area contributed by atoms with E-state index in [0.29, 0.717) is 22.7 Å². The highest BCUT2D eigenvalue weighted by Crippen LogP contribution is 2.44. The number of phenolic OH excluding ortho intramolecular Hbond substituents is 1. The maximum Gasteiger partial charge on any atom is 0.321 e. The number of hydrogen-bond acceptors (Lipinski definition) is 9. The molecule has 0 aliphatic heterocycles. The van der Waals surface area contributed by atoms with Crippen molar-refractivity contribution in [3.63, 3.8) is 0 Å². The zero-order valence-electron chi connectivity index (χ0n) is 15.2. The number of carboxylic acid groups (broad SMARTS) is 1. The first-order valence-corrected chi connectivity index (χ1v) is 9.98. The molecule has 11 heteroatoms. The zero-order chi connectivity index (χ0) is 20.8. The number of phenols is 1. The van der Waals surface area contributed by atoms with Crippen LogP contribution in [-0.4, -0.2) is 44.7 Å². The molecule has 0 aliphatic carbocycles. The number of Topliss-reactive ketones (excluding diaryl/α,β-unsaturated/α-hetero) is 1. The van der Waals surface area contributed by atoms with Crippen molar-refractivity contribution in [1.82, 2.24) is 10.2 Å². The van der Waals surface area contributed by atoms with E-state index in [0.717, 1.165) is 23.1 Å². The van der Waals surface area contributed by atoms with Crippen LogP contribution in [0, 0.1) is 0 Å². The number of aliphatic carboxylic acids is 1. The molecule has 2 aromatic rings. The fourth-order valence-electron chi connectivity index (χ4n) is 2.61. The summed E-state index contributed by atoms with van der Waals surface area (Å²) in [6.45, 7) is 2.66.